The van der Waals surface area contributed by atoms with Crippen LogP contribution in [0.15, 0.2) is 24.3 Å². The second kappa shape index (κ2) is 5.27. The van der Waals surface area contributed by atoms with Gasteiger partial charge in [0.2, 0.25) is 5.95 Å². The van der Waals surface area contributed by atoms with Gasteiger partial charge in [-0.25, -0.2) is 4.98 Å². The van der Waals surface area contributed by atoms with Crippen molar-refractivity contribution in [3.63, 3.8) is 0 Å². The van der Waals surface area contributed by atoms with Crippen molar-refractivity contribution in [3.05, 3.63) is 24.3 Å². The number of hydrogen-bond acceptors (Lipinski definition) is 4. The predicted octanol–water partition coefficient (Wildman–Crippen LogP) is 3.30. The van der Waals surface area contributed by atoms with E-state index in [0.29, 0.717) is 17.9 Å². The summed E-state index contributed by atoms with van der Waals surface area (Å²) < 4.78 is 0. The molecule has 4 heteroatoms. The molecule has 0 amide bonds. The third-order valence-corrected chi connectivity index (χ3v) is 3.63. The van der Waals surface area contributed by atoms with Crippen molar-refractivity contribution in [2.24, 2.45) is 5.92 Å². The number of aromatic nitrogens is 2. The number of anilines is 2. The molecule has 0 bridgehead atoms. The minimum absolute atomic E-state index is 0.627. The molecule has 20 heavy (non-hydrogen) atoms. The molecule has 1 saturated carbocycles. The quantitative estimate of drug-likeness (QED) is 0.905. The number of benzene rings is 1. The number of nitrogens with zero attached hydrogens (tertiary/aromatic N) is 3. The van der Waals surface area contributed by atoms with Crippen LogP contribution in [0, 0.1) is 5.92 Å². The summed E-state index contributed by atoms with van der Waals surface area (Å²) in [6.45, 7) is 5.57. The van der Waals surface area contributed by atoms with Gasteiger partial charge in [-0.2, -0.15) is 4.98 Å². The third kappa shape index (κ3) is 2.55. The van der Waals surface area contributed by atoms with Crippen LogP contribution in [-0.2, 0) is 0 Å². The van der Waals surface area contributed by atoms with Crippen molar-refractivity contribution in [2.45, 2.75) is 32.7 Å². The minimum atomic E-state index is 0.627. The largest absolute Gasteiger partial charge is 0.357 e. The monoisotopic (exact) mass is 270 g/mol. The molecule has 1 aromatic carbocycles. The smallest absolute Gasteiger partial charge is 0.224 e. The SMILES string of the molecule is CNc1nc(N(CC(C)C)C2CC2)c2ccccc2n1. The van der Waals surface area contributed by atoms with E-state index in [9.17, 15) is 0 Å². The van der Waals surface area contributed by atoms with Crippen LogP contribution < -0.4 is 10.2 Å². The maximum absolute atomic E-state index is 4.74. The highest BCUT2D eigenvalue weighted by Gasteiger charge is 2.31. The molecule has 0 unspecified atom stereocenters. The van der Waals surface area contributed by atoms with Gasteiger partial charge in [-0.1, -0.05) is 26.0 Å². The number of para-hydroxylation sites is 1. The number of rotatable bonds is 5. The van der Waals surface area contributed by atoms with E-state index in [1.807, 2.05) is 13.1 Å². The first-order chi connectivity index (χ1) is 9.69. The Kier molecular flexibility index (Phi) is 3.47. The molecular formula is C16H22N4. The number of nitrogens with one attached hydrogen (secondary N) is 1. The topological polar surface area (TPSA) is 41.1 Å². The standard InChI is InChI=1S/C16H22N4/c1-11(2)10-20(12-8-9-12)15-13-6-4-5-7-14(13)18-16(17-3)19-15/h4-7,11-12H,8-10H2,1-3H3,(H,17,18,19). The molecule has 1 aromatic heterocycles. The summed E-state index contributed by atoms with van der Waals surface area (Å²) in [7, 11) is 1.87. The molecule has 1 heterocycles. The van der Waals surface area contributed by atoms with Crippen LogP contribution in [0.2, 0.25) is 0 Å². The average Bonchev–Trinajstić information content (AvgIpc) is 3.28. The average molecular weight is 270 g/mol. The summed E-state index contributed by atoms with van der Waals surface area (Å²) in [5.74, 6) is 2.41. The summed E-state index contributed by atoms with van der Waals surface area (Å²) in [5.41, 5.74) is 1.01. The summed E-state index contributed by atoms with van der Waals surface area (Å²) in [4.78, 5) is 11.8. The lowest BCUT2D eigenvalue weighted by Crippen LogP contribution is -2.31. The fourth-order valence-electron chi connectivity index (χ4n) is 2.58. The number of hydrogen-bond donors (Lipinski definition) is 1. The Hall–Kier alpha value is -1.84. The zero-order chi connectivity index (χ0) is 14.1. The van der Waals surface area contributed by atoms with Crippen LogP contribution in [0.25, 0.3) is 10.9 Å². The van der Waals surface area contributed by atoms with E-state index in [2.05, 4.69) is 47.2 Å². The molecular weight excluding hydrogens is 248 g/mol. The molecule has 0 atom stereocenters. The Morgan fingerprint density at radius 1 is 1.25 bits per heavy atom. The van der Waals surface area contributed by atoms with Crippen LogP contribution in [0.3, 0.4) is 0 Å². The Balaban J connectivity index is 2.11. The Morgan fingerprint density at radius 2 is 2.00 bits per heavy atom. The second-order valence-corrected chi connectivity index (χ2v) is 5.92. The summed E-state index contributed by atoms with van der Waals surface area (Å²) in [5, 5.41) is 4.23. The van der Waals surface area contributed by atoms with Crippen molar-refractivity contribution in [1.29, 1.82) is 0 Å². The van der Waals surface area contributed by atoms with Crippen molar-refractivity contribution >= 4 is 22.7 Å². The van der Waals surface area contributed by atoms with Crippen molar-refractivity contribution < 1.29 is 0 Å². The molecule has 0 radical (unpaired) electrons. The van der Waals surface area contributed by atoms with Crippen LogP contribution in [0.5, 0.6) is 0 Å². The molecule has 0 aliphatic heterocycles. The highest BCUT2D eigenvalue weighted by Crippen LogP contribution is 2.35. The first-order valence-corrected chi connectivity index (χ1v) is 7.40. The molecule has 1 aliphatic rings. The second-order valence-electron chi connectivity index (χ2n) is 5.92. The maximum Gasteiger partial charge on any atom is 0.224 e. The summed E-state index contributed by atoms with van der Waals surface area (Å²) in [6.07, 6.45) is 2.56. The fraction of sp³-hybridized carbons (Fsp3) is 0.500. The van der Waals surface area contributed by atoms with E-state index in [4.69, 9.17) is 4.98 Å². The first kappa shape index (κ1) is 13.2. The Labute approximate surface area is 120 Å². The molecule has 1 fully saturated rings. The minimum Gasteiger partial charge on any atom is -0.357 e. The van der Waals surface area contributed by atoms with Gasteiger partial charge in [-0.05, 0) is 30.9 Å². The van der Waals surface area contributed by atoms with E-state index in [1.165, 1.54) is 12.8 Å². The lowest BCUT2D eigenvalue weighted by atomic mass is 10.1. The van der Waals surface area contributed by atoms with Gasteiger partial charge in [-0.3, -0.25) is 0 Å². The first-order valence-electron chi connectivity index (χ1n) is 7.40. The molecule has 4 nitrogen and oxygen atoms in total. The fourth-order valence-corrected chi connectivity index (χ4v) is 2.58. The molecule has 106 valence electrons. The number of fused-ring (bicyclic) bond motifs is 1. The summed E-state index contributed by atoms with van der Waals surface area (Å²) >= 11 is 0. The molecule has 1 N–H and O–H groups in total. The third-order valence-electron chi connectivity index (χ3n) is 3.63. The van der Waals surface area contributed by atoms with Crippen molar-refractivity contribution in [3.8, 4) is 0 Å². The van der Waals surface area contributed by atoms with Gasteiger partial charge in [0.1, 0.15) is 5.82 Å². The van der Waals surface area contributed by atoms with E-state index in [1.54, 1.807) is 0 Å². The van der Waals surface area contributed by atoms with Crippen molar-refractivity contribution in [2.75, 3.05) is 23.8 Å². The lowest BCUT2D eigenvalue weighted by molar-refractivity contribution is 0.604. The lowest BCUT2D eigenvalue weighted by Gasteiger charge is -2.27. The van der Waals surface area contributed by atoms with E-state index < -0.39 is 0 Å². The van der Waals surface area contributed by atoms with Gasteiger partial charge in [-0.15, -0.1) is 0 Å². The van der Waals surface area contributed by atoms with Gasteiger partial charge in [0.05, 0.1) is 5.52 Å². The van der Waals surface area contributed by atoms with Crippen LogP contribution in [-0.4, -0.2) is 29.6 Å². The highest BCUT2D eigenvalue weighted by molar-refractivity contribution is 5.90. The molecule has 2 aromatic rings. The van der Waals surface area contributed by atoms with Gasteiger partial charge >= 0.3 is 0 Å². The highest BCUT2D eigenvalue weighted by atomic mass is 15.3. The van der Waals surface area contributed by atoms with Gasteiger partial charge in [0, 0.05) is 25.0 Å². The molecule has 0 spiro atoms. The van der Waals surface area contributed by atoms with Gasteiger partial charge < -0.3 is 10.2 Å². The van der Waals surface area contributed by atoms with Crippen LogP contribution in [0.4, 0.5) is 11.8 Å². The molecule has 0 saturated heterocycles. The Morgan fingerprint density at radius 3 is 2.65 bits per heavy atom. The van der Waals surface area contributed by atoms with E-state index >= 15 is 0 Å². The molecule has 3 rings (SSSR count). The summed E-state index contributed by atoms with van der Waals surface area (Å²) in [6, 6.07) is 8.93. The van der Waals surface area contributed by atoms with E-state index in [-0.39, 0.29) is 0 Å². The predicted molar refractivity (Wildman–Crippen MR) is 84.3 cm³/mol. The van der Waals surface area contributed by atoms with E-state index in [0.717, 1.165) is 23.3 Å². The van der Waals surface area contributed by atoms with Gasteiger partial charge in [0.15, 0.2) is 0 Å². The van der Waals surface area contributed by atoms with Crippen LogP contribution >= 0.6 is 0 Å². The van der Waals surface area contributed by atoms with Crippen LogP contribution in [0.1, 0.15) is 26.7 Å². The zero-order valence-electron chi connectivity index (χ0n) is 12.4. The van der Waals surface area contributed by atoms with Gasteiger partial charge in [0.25, 0.3) is 0 Å². The van der Waals surface area contributed by atoms with Crippen molar-refractivity contribution in [1.82, 2.24) is 9.97 Å². The Bertz CT molecular complexity index is 604. The zero-order valence-corrected chi connectivity index (χ0v) is 12.4. The maximum atomic E-state index is 4.74. The normalized spacial score (nSPS) is 14.8. The molecule has 1 aliphatic carbocycles.